The quantitative estimate of drug-likeness (QED) is 0.607. The number of likely N-dealkylation sites (tertiary alicyclic amines) is 1. The molecule has 0 bridgehead atoms. The van der Waals surface area contributed by atoms with Crippen LogP contribution >= 0.6 is 0 Å². The van der Waals surface area contributed by atoms with E-state index in [1.165, 1.54) is 5.56 Å². The standard InChI is InChI=1S/C19H30N4O2/c1-14(2)18(24)23-12-10-16(13-23)22-19(20-3)21-11-9-15-7-5-6-8-17(15)25-4/h5-8,14,16H,9-13H2,1-4H3,(H2,20,21,22). The van der Waals surface area contributed by atoms with Crippen molar-refractivity contribution in [3.05, 3.63) is 29.8 Å². The third-order valence-electron chi connectivity index (χ3n) is 4.44. The molecule has 6 heteroatoms. The Balaban J connectivity index is 1.79. The van der Waals surface area contributed by atoms with Crippen LogP contribution in [-0.2, 0) is 11.2 Å². The highest BCUT2D eigenvalue weighted by molar-refractivity contribution is 5.81. The van der Waals surface area contributed by atoms with Crippen LogP contribution < -0.4 is 15.4 Å². The molecule has 1 atom stereocenters. The van der Waals surface area contributed by atoms with Gasteiger partial charge in [0.05, 0.1) is 7.11 Å². The normalized spacial score (nSPS) is 17.7. The molecule has 1 aliphatic heterocycles. The fourth-order valence-electron chi connectivity index (χ4n) is 3.06. The van der Waals surface area contributed by atoms with Gasteiger partial charge in [-0.25, -0.2) is 0 Å². The molecule has 0 saturated carbocycles. The van der Waals surface area contributed by atoms with Crippen LogP contribution in [0.5, 0.6) is 5.75 Å². The summed E-state index contributed by atoms with van der Waals surface area (Å²) < 4.78 is 5.38. The summed E-state index contributed by atoms with van der Waals surface area (Å²) in [6.45, 7) is 6.21. The van der Waals surface area contributed by atoms with Crippen molar-refractivity contribution in [3.8, 4) is 5.75 Å². The van der Waals surface area contributed by atoms with Gasteiger partial charge in [-0.3, -0.25) is 9.79 Å². The molecule has 2 N–H and O–H groups in total. The molecule has 0 aromatic heterocycles. The highest BCUT2D eigenvalue weighted by atomic mass is 16.5. The molecule has 0 aliphatic carbocycles. The Morgan fingerprint density at radius 2 is 2.16 bits per heavy atom. The Morgan fingerprint density at radius 3 is 2.84 bits per heavy atom. The van der Waals surface area contributed by atoms with Crippen molar-refractivity contribution < 1.29 is 9.53 Å². The Kier molecular flexibility index (Phi) is 7.10. The van der Waals surface area contributed by atoms with Gasteiger partial charge in [0.1, 0.15) is 5.75 Å². The lowest BCUT2D eigenvalue weighted by atomic mass is 10.1. The molecule has 1 aromatic carbocycles. The van der Waals surface area contributed by atoms with Crippen molar-refractivity contribution in [3.63, 3.8) is 0 Å². The zero-order valence-corrected chi connectivity index (χ0v) is 15.7. The van der Waals surface area contributed by atoms with Crippen LogP contribution in [0.4, 0.5) is 0 Å². The van der Waals surface area contributed by atoms with Gasteiger partial charge in [-0.15, -0.1) is 0 Å². The summed E-state index contributed by atoms with van der Waals surface area (Å²) in [5, 5.41) is 6.76. The van der Waals surface area contributed by atoms with Gasteiger partial charge in [0.2, 0.25) is 5.91 Å². The third kappa shape index (κ3) is 5.37. The predicted molar refractivity (Wildman–Crippen MR) is 101 cm³/mol. The number of nitrogens with one attached hydrogen (secondary N) is 2. The van der Waals surface area contributed by atoms with Crippen molar-refractivity contribution in [1.29, 1.82) is 0 Å². The largest absolute Gasteiger partial charge is 0.496 e. The summed E-state index contributed by atoms with van der Waals surface area (Å²) >= 11 is 0. The van der Waals surface area contributed by atoms with E-state index in [9.17, 15) is 4.79 Å². The topological polar surface area (TPSA) is 66.0 Å². The molecule has 1 unspecified atom stereocenters. The minimum absolute atomic E-state index is 0.0528. The van der Waals surface area contributed by atoms with E-state index in [1.54, 1.807) is 14.2 Å². The number of methoxy groups -OCH3 is 1. The lowest BCUT2D eigenvalue weighted by molar-refractivity contribution is -0.133. The van der Waals surface area contributed by atoms with Crippen LogP contribution in [0.15, 0.2) is 29.3 Å². The number of para-hydroxylation sites is 1. The summed E-state index contributed by atoms with van der Waals surface area (Å²) in [6, 6.07) is 8.29. The fourth-order valence-corrected chi connectivity index (χ4v) is 3.06. The summed E-state index contributed by atoms with van der Waals surface area (Å²) in [5.41, 5.74) is 1.17. The summed E-state index contributed by atoms with van der Waals surface area (Å²) in [5.74, 6) is 1.96. The number of amides is 1. The molecule has 25 heavy (non-hydrogen) atoms. The van der Waals surface area contributed by atoms with Crippen LogP contribution in [0, 0.1) is 5.92 Å². The summed E-state index contributed by atoms with van der Waals surface area (Å²) in [6.07, 6.45) is 1.80. The molecular weight excluding hydrogens is 316 g/mol. The Bertz CT molecular complexity index is 601. The molecule has 6 nitrogen and oxygen atoms in total. The number of hydrogen-bond acceptors (Lipinski definition) is 3. The van der Waals surface area contributed by atoms with Crippen molar-refractivity contribution in [2.45, 2.75) is 32.7 Å². The fraction of sp³-hybridized carbons (Fsp3) is 0.579. The molecule has 1 amide bonds. The lowest BCUT2D eigenvalue weighted by Crippen LogP contribution is -2.45. The molecule has 1 fully saturated rings. The smallest absolute Gasteiger partial charge is 0.225 e. The molecule has 1 saturated heterocycles. The first-order valence-corrected chi connectivity index (χ1v) is 8.93. The van der Waals surface area contributed by atoms with Gasteiger partial charge in [0.15, 0.2) is 5.96 Å². The van der Waals surface area contributed by atoms with Gasteiger partial charge in [0.25, 0.3) is 0 Å². The highest BCUT2D eigenvalue weighted by Crippen LogP contribution is 2.17. The van der Waals surface area contributed by atoms with E-state index in [2.05, 4.69) is 21.7 Å². The minimum Gasteiger partial charge on any atom is -0.496 e. The second kappa shape index (κ2) is 9.30. The maximum atomic E-state index is 12.1. The number of aliphatic imine (C=N–C) groups is 1. The van der Waals surface area contributed by atoms with E-state index >= 15 is 0 Å². The minimum atomic E-state index is 0.0528. The first-order chi connectivity index (χ1) is 12.0. The summed E-state index contributed by atoms with van der Waals surface area (Å²) in [7, 11) is 3.46. The molecular formula is C19H30N4O2. The van der Waals surface area contributed by atoms with E-state index in [4.69, 9.17) is 4.74 Å². The SMILES string of the molecule is CN=C(NCCc1ccccc1OC)NC1CCN(C(=O)C(C)C)C1. The number of benzene rings is 1. The van der Waals surface area contributed by atoms with Crippen LogP contribution in [0.2, 0.25) is 0 Å². The van der Waals surface area contributed by atoms with Crippen molar-refractivity contribution in [1.82, 2.24) is 15.5 Å². The highest BCUT2D eigenvalue weighted by Gasteiger charge is 2.27. The van der Waals surface area contributed by atoms with Gasteiger partial charge in [0, 0.05) is 38.6 Å². The van der Waals surface area contributed by atoms with E-state index in [1.807, 2.05) is 36.9 Å². The Hall–Kier alpha value is -2.24. The number of carbonyl (C=O) groups is 1. The summed E-state index contributed by atoms with van der Waals surface area (Å²) in [4.78, 5) is 18.3. The number of guanidine groups is 1. The monoisotopic (exact) mass is 346 g/mol. The molecule has 138 valence electrons. The zero-order chi connectivity index (χ0) is 18.2. The number of nitrogens with zero attached hydrogens (tertiary/aromatic N) is 2. The Morgan fingerprint density at radius 1 is 1.40 bits per heavy atom. The van der Waals surface area contributed by atoms with Gasteiger partial charge >= 0.3 is 0 Å². The second-order valence-electron chi connectivity index (χ2n) is 6.63. The first-order valence-electron chi connectivity index (χ1n) is 8.93. The average molecular weight is 346 g/mol. The molecule has 1 heterocycles. The van der Waals surface area contributed by atoms with Gasteiger partial charge in [-0.1, -0.05) is 32.0 Å². The number of ether oxygens (including phenoxy) is 1. The van der Waals surface area contributed by atoms with Crippen LogP contribution in [0.3, 0.4) is 0 Å². The van der Waals surface area contributed by atoms with E-state index in [-0.39, 0.29) is 17.9 Å². The van der Waals surface area contributed by atoms with Gasteiger partial charge in [-0.05, 0) is 24.5 Å². The molecule has 1 aromatic rings. The maximum absolute atomic E-state index is 12.1. The molecule has 1 aliphatic rings. The number of rotatable bonds is 6. The van der Waals surface area contributed by atoms with Gasteiger partial charge in [-0.2, -0.15) is 0 Å². The van der Waals surface area contributed by atoms with Crippen molar-refractivity contribution in [2.75, 3.05) is 33.8 Å². The molecule has 2 rings (SSSR count). The molecule has 0 radical (unpaired) electrons. The van der Waals surface area contributed by atoms with Crippen LogP contribution in [-0.4, -0.2) is 56.6 Å². The second-order valence-corrected chi connectivity index (χ2v) is 6.63. The third-order valence-corrected chi connectivity index (χ3v) is 4.44. The van der Waals surface area contributed by atoms with Crippen LogP contribution in [0.1, 0.15) is 25.8 Å². The molecule has 0 spiro atoms. The Labute approximate surface area is 150 Å². The average Bonchev–Trinajstić information content (AvgIpc) is 3.08. The number of carbonyl (C=O) groups excluding carboxylic acids is 1. The van der Waals surface area contributed by atoms with Crippen molar-refractivity contribution >= 4 is 11.9 Å². The van der Waals surface area contributed by atoms with Gasteiger partial charge < -0.3 is 20.3 Å². The van der Waals surface area contributed by atoms with Crippen molar-refractivity contribution in [2.24, 2.45) is 10.9 Å². The van der Waals surface area contributed by atoms with E-state index in [0.29, 0.717) is 0 Å². The lowest BCUT2D eigenvalue weighted by Gasteiger charge is -2.20. The van der Waals surface area contributed by atoms with Crippen LogP contribution in [0.25, 0.3) is 0 Å². The predicted octanol–water partition coefficient (Wildman–Crippen LogP) is 1.66. The van der Waals surface area contributed by atoms with E-state index in [0.717, 1.165) is 44.2 Å². The van der Waals surface area contributed by atoms with E-state index < -0.39 is 0 Å². The number of hydrogen-bond donors (Lipinski definition) is 2. The zero-order valence-electron chi connectivity index (χ0n) is 15.7. The first kappa shape index (κ1) is 19.1. The maximum Gasteiger partial charge on any atom is 0.225 e.